The van der Waals surface area contributed by atoms with Crippen LogP contribution >= 0.6 is 0 Å². The van der Waals surface area contributed by atoms with Crippen LogP contribution < -0.4 is 15.0 Å². The number of piperidine rings is 1. The summed E-state index contributed by atoms with van der Waals surface area (Å²) in [6, 6.07) is 15.4. The van der Waals surface area contributed by atoms with Crippen molar-refractivity contribution in [2.45, 2.75) is 69.2 Å². The number of ether oxygens (including phenoxy) is 5. The molecule has 1 N–H and O–H groups in total. The summed E-state index contributed by atoms with van der Waals surface area (Å²) in [7, 11) is 3.56. The molecule has 3 aliphatic heterocycles. The van der Waals surface area contributed by atoms with E-state index >= 15 is 0 Å². The van der Waals surface area contributed by atoms with Crippen LogP contribution in [-0.2, 0) is 30.3 Å². The summed E-state index contributed by atoms with van der Waals surface area (Å²) in [6.07, 6.45) is 6.37. The number of hydrogen-bond donors (Lipinski definition) is 1. The molecule has 1 saturated carbocycles. The fraction of sp³-hybridized carbons (Fsp3) is 0.629. The number of hydrogen-bond acceptors (Lipinski definition) is 9. The van der Waals surface area contributed by atoms with E-state index in [1.54, 1.807) is 7.11 Å². The van der Waals surface area contributed by atoms with Gasteiger partial charge in [0.2, 0.25) is 0 Å². The van der Waals surface area contributed by atoms with Gasteiger partial charge in [0.05, 0.1) is 43.7 Å². The van der Waals surface area contributed by atoms with Gasteiger partial charge in [0.15, 0.2) is 0 Å². The molecule has 2 aromatic carbocycles. The molecule has 0 radical (unpaired) electrons. The molecule has 240 valence electrons. The van der Waals surface area contributed by atoms with E-state index in [2.05, 4.69) is 57.6 Å². The second-order valence-corrected chi connectivity index (χ2v) is 12.6. The van der Waals surface area contributed by atoms with E-state index in [4.69, 9.17) is 23.7 Å². The van der Waals surface area contributed by atoms with Gasteiger partial charge >= 0.3 is 0 Å². The fourth-order valence-electron chi connectivity index (χ4n) is 7.19. The molecular weight excluding hydrogens is 558 g/mol. The molecular formula is C35H49N3O6. The predicted molar refractivity (Wildman–Crippen MR) is 169 cm³/mol. The standard InChI is InChI=1S/C35H49N3O6/c1-40-19-4-15-37-17-20-42-30-13-6-25(21-29(30)37)24-43-31-22-36-23-32(44-33-5-3-14-38(33)16-18-39)34(31)26-7-9-27(10-8-26)35(41-2)28-11-12-28/h6-10,13,18,21,28,31-36H,3-5,11-12,14-17,19-20,22-24H2,1-2H3/t31-,32+,33?,34+,35?/m0/s1. The molecule has 44 heavy (non-hydrogen) atoms. The van der Waals surface area contributed by atoms with Crippen molar-refractivity contribution in [1.29, 1.82) is 0 Å². The second-order valence-electron chi connectivity index (χ2n) is 12.6. The van der Waals surface area contributed by atoms with Gasteiger partial charge in [-0.15, -0.1) is 0 Å². The van der Waals surface area contributed by atoms with Gasteiger partial charge in [-0.05, 0) is 66.8 Å². The number of benzene rings is 2. The lowest BCUT2D eigenvalue weighted by molar-refractivity contribution is -0.128. The van der Waals surface area contributed by atoms with Crippen molar-refractivity contribution in [2.75, 3.05) is 71.6 Å². The predicted octanol–water partition coefficient (Wildman–Crippen LogP) is 4.30. The molecule has 0 bridgehead atoms. The van der Waals surface area contributed by atoms with Gasteiger partial charge < -0.3 is 38.7 Å². The van der Waals surface area contributed by atoms with Crippen LogP contribution in [-0.4, -0.2) is 96.3 Å². The van der Waals surface area contributed by atoms with Crippen LogP contribution in [0.15, 0.2) is 42.5 Å². The Morgan fingerprint density at radius 3 is 2.66 bits per heavy atom. The maximum atomic E-state index is 11.3. The number of carbonyl (C=O) groups excluding carboxylic acids is 1. The highest BCUT2D eigenvalue weighted by atomic mass is 16.5. The highest BCUT2D eigenvalue weighted by Gasteiger charge is 2.40. The maximum Gasteiger partial charge on any atom is 0.142 e. The molecule has 2 saturated heterocycles. The molecule has 0 aromatic heterocycles. The van der Waals surface area contributed by atoms with Gasteiger partial charge in [-0.3, -0.25) is 4.90 Å². The average molecular weight is 608 g/mol. The van der Waals surface area contributed by atoms with Crippen LogP contribution in [0.1, 0.15) is 60.8 Å². The van der Waals surface area contributed by atoms with Crippen LogP contribution in [0.4, 0.5) is 5.69 Å². The molecule has 4 aliphatic rings. The number of carbonyl (C=O) groups is 1. The van der Waals surface area contributed by atoms with Crippen LogP contribution in [0.2, 0.25) is 0 Å². The number of anilines is 1. The van der Waals surface area contributed by atoms with E-state index in [0.717, 1.165) is 81.9 Å². The van der Waals surface area contributed by atoms with Gasteiger partial charge in [-0.1, -0.05) is 30.3 Å². The molecule has 3 heterocycles. The van der Waals surface area contributed by atoms with E-state index in [1.807, 2.05) is 7.11 Å². The third kappa shape index (κ3) is 7.46. The summed E-state index contributed by atoms with van der Waals surface area (Å²) < 4.78 is 30.7. The molecule has 1 aliphatic carbocycles. The lowest BCUT2D eigenvalue weighted by Gasteiger charge is -2.41. The normalized spacial score (nSPS) is 26.3. The van der Waals surface area contributed by atoms with Gasteiger partial charge in [0.25, 0.3) is 0 Å². The van der Waals surface area contributed by atoms with E-state index in [0.29, 0.717) is 25.7 Å². The summed E-state index contributed by atoms with van der Waals surface area (Å²) in [4.78, 5) is 15.9. The number of fused-ring (bicyclic) bond motifs is 1. The second kappa shape index (κ2) is 15.2. The third-order valence-corrected chi connectivity index (χ3v) is 9.61. The Morgan fingerprint density at radius 2 is 1.89 bits per heavy atom. The van der Waals surface area contributed by atoms with Crippen molar-refractivity contribution >= 4 is 12.0 Å². The minimum atomic E-state index is -0.0771. The first-order valence-corrected chi connectivity index (χ1v) is 16.5. The first-order valence-electron chi connectivity index (χ1n) is 16.5. The molecule has 2 aromatic rings. The molecule has 0 spiro atoms. The summed E-state index contributed by atoms with van der Waals surface area (Å²) >= 11 is 0. The summed E-state index contributed by atoms with van der Waals surface area (Å²) in [5.74, 6) is 1.61. The van der Waals surface area contributed by atoms with Gasteiger partial charge in [-0.2, -0.15) is 0 Å². The van der Waals surface area contributed by atoms with Gasteiger partial charge in [0.1, 0.15) is 24.9 Å². The average Bonchev–Trinajstić information content (AvgIpc) is 3.80. The Balaban J connectivity index is 1.20. The molecule has 3 fully saturated rings. The third-order valence-electron chi connectivity index (χ3n) is 9.61. The van der Waals surface area contributed by atoms with Crippen molar-refractivity contribution in [3.05, 3.63) is 59.2 Å². The van der Waals surface area contributed by atoms with Crippen molar-refractivity contribution in [3.8, 4) is 5.75 Å². The Labute approximate surface area is 262 Å². The zero-order valence-corrected chi connectivity index (χ0v) is 26.3. The van der Waals surface area contributed by atoms with Gasteiger partial charge in [-0.25, -0.2) is 0 Å². The van der Waals surface area contributed by atoms with Crippen LogP contribution in [0.5, 0.6) is 5.75 Å². The molecule has 6 rings (SSSR count). The minimum absolute atomic E-state index is 0.0509. The highest BCUT2D eigenvalue weighted by molar-refractivity contribution is 5.61. The Hall–Kier alpha value is -2.53. The summed E-state index contributed by atoms with van der Waals surface area (Å²) in [5.41, 5.74) is 4.72. The van der Waals surface area contributed by atoms with Crippen molar-refractivity contribution in [2.24, 2.45) is 5.92 Å². The highest BCUT2D eigenvalue weighted by Crippen LogP contribution is 2.43. The molecule has 9 nitrogen and oxygen atoms in total. The number of likely N-dealkylation sites (tertiary alicyclic amines) is 1. The van der Waals surface area contributed by atoms with E-state index in [9.17, 15) is 4.79 Å². The fourth-order valence-corrected chi connectivity index (χ4v) is 7.19. The lowest BCUT2D eigenvalue weighted by atomic mass is 9.84. The van der Waals surface area contributed by atoms with Crippen LogP contribution in [0.25, 0.3) is 0 Å². The van der Waals surface area contributed by atoms with E-state index in [-0.39, 0.29) is 30.5 Å². The van der Waals surface area contributed by atoms with E-state index in [1.165, 1.54) is 24.0 Å². The monoisotopic (exact) mass is 607 g/mol. The molecule has 0 amide bonds. The van der Waals surface area contributed by atoms with E-state index < -0.39 is 0 Å². The Bertz CT molecular complexity index is 1210. The quantitative estimate of drug-likeness (QED) is 0.236. The maximum absolute atomic E-state index is 11.3. The zero-order chi connectivity index (χ0) is 30.3. The smallest absolute Gasteiger partial charge is 0.142 e. The summed E-state index contributed by atoms with van der Waals surface area (Å²) in [6.45, 7) is 6.55. The lowest BCUT2D eigenvalue weighted by Crippen LogP contribution is -2.52. The van der Waals surface area contributed by atoms with Crippen LogP contribution in [0.3, 0.4) is 0 Å². The molecule has 2 unspecified atom stereocenters. The van der Waals surface area contributed by atoms with Gasteiger partial charge in [0, 0.05) is 52.9 Å². The first kappa shape index (κ1) is 31.5. The Kier molecular flexibility index (Phi) is 10.8. The SMILES string of the molecule is COCCCN1CCOc2ccc(CO[C@H]3CNC[C@@H](OC4CCCN4CC=O)[C@@H]3c3ccc(C(OC)C4CC4)cc3)cc21. The topological polar surface area (TPSA) is 81.7 Å². The van der Waals surface area contributed by atoms with Crippen molar-refractivity contribution < 1.29 is 28.5 Å². The number of rotatable bonds is 15. The minimum Gasteiger partial charge on any atom is -0.490 e. The largest absolute Gasteiger partial charge is 0.490 e. The van der Waals surface area contributed by atoms with Crippen LogP contribution in [0, 0.1) is 5.92 Å². The number of aldehydes is 1. The molecule has 9 heteroatoms. The number of nitrogens with one attached hydrogen (secondary N) is 1. The number of methoxy groups -OCH3 is 2. The zero-order valence-electron chi connectivity index (χ0n) is 26.3. The summed E-state index contributed by atoms with van der Waals surface area (Å²) in [5, 5.41) is 3.59. The van der Waals surface area contributed by atoms with Crippen molar-refractivity contribution in [3.63, 3.8) is 0 Å². The molecule has 5 atom stereocenters. The van der Waals surface area contributed by atoms with Crippen molar-refractivity contribution in [1.82, 2.24) is 10.2 Å². The Morgan fingerprint density at radius 1 is 1.05 bits per heavy atom. The number of nitrogens with zero attached hydrogens (tertiary/aromatic N) is 2. The first-order chi connectivity index (χ1) is 21.7.